The van der Waals surface area contributed by atoms with Crippen molar-refractivity contribution in [3.63, 3.8) is 0 Å². The minimum Gasteiger partial charge on any atom is -0.307 e. The lowest BCUT2D eigenvalue weighted by Crippen LogP contribution is -2.45. The number of hydrogen-bond acceptors (Lipinski definition) is 1. The molecule has 2 rings (SSSR count). The summed E-state index contributed by atoms with van der Waals surface area (Å²) in [5, 5.41) is 3.72. The fourth-order valence-corrected chi connectivity index (χ4v) is 2.95. The Bertz CT molecular complexity index is 383. The molecule has 2 atom stereocenters. The number of hydrogen-bond donors (Lipinski definition) is 1. The maximum absolute atomic E-state index is 12.9. The molecule has 1 N–H and O–H groups in total. The van der Waals surface area contributed by atoms with Crippen LogP contribution in [0.3, 0.4) is 0 Å². The van der Waals surface area contributed by atoms with Crippen molar-refractivity contribution in [1.29, 1.82) is 0 Å². The lowest BCUT2D eigenvalue weighted by atomic mass is 9.73. The lowest BCUT2D eigenvalue weighted by Gasteiger charge is -2.40. The van der Waals surface area contributed by atoms with E-state index in [4.69, 9.17) is 0 Å². The van der Waals surface area contributed by atoms with Crippen LogP contribution in [0.15, 0.2) is 24.3 Å². The first kappa shape index (κ1) is 13.5. The summed E-state index contributed by atoms with van der Waals surface area (Å²) in [6.07, 6.45) is 5.20. The molecule has 1 aliphatic carbocycles. The van der Waals surface area contributed by atoms with E-state index in [0.717, 1.165) is 5.56 Å². The molecule has 2 heteroatoms. The van der Waals surface area contributed by atoms with E-state index in [1.165, 1.54) is 25.7 Å². The van der Waals surface area contributed by atoms with Crippen LogP contribution in [0.1, 0.15) is 58.1 Å². The van der Waals surface area contributed by atoms with Gasteiger partial charge in [-0.2, -0.15) is 0 Å². The second kappa shape index (κ2) is 5.40. The maximum Gasteiger partial charge on any atom is 0.123 e. The zero-order chi connectivity index (χ0) is 13.2. The van der Waals surface area contributed by atoms with Crippen LogP contribution in [0.2, 0.25) is 0 Å². The van der Waals surface area contributed by atoms with Gasteiger partial charge in [-0.3, -0.25) is 0 Å². The molecule has 1 aromatic rings. The van der Waals surface area contributed by atoms with E-state index >= 15 is 0 Å². The quantitative estimate of drug-likeness (QED) is 0.834. The van der Waals surface area contributed by atoms with Gasteiger partial charge < -0.3 is 5.32 Å². The van der Waals surface area contributed by atoms with Crippen LogP contribution in [-0.2, 0) is 0 Å². The van der Waals surface area contributed by atoms with E-state index in [1.54, 1.807) is 12.1 Å². The molecule has 1 aromatic carbocycles. The van der Waals surface area contributed by atoms with Crippen LogP contribution < -0.4 is 5.32 Å². The van der Waals surface area contributed by atoms with Gasteiger partial charge in [0.15, 0.2) is 0 Å². The SMILES string of the molecule is C[C@@H](NC1CCCCC1(C)C)c1ccc(F)cc1. The highest BCUT2D eigenvalue weighted by atomic mass is 19.1. The molecular formula is C16H24FN. The standard InChI is InChI=1S/C16H24FN/c1-12(13-7-9-14(17)10-8-13)18-15-6-4-5-11-16(15,2)3/h7-10,12,15,18H,4-6,11H2,1-3H3/t12-,15?/m1/s1. The van der Waals surface area contributed by atoms with E-state index in [-0.39, 0.29) is 11.9 Å². The molecule has 1 saturated carbocycles. The predicted octanol–water partition coefficient (Wildman–Crippen LogP) is 4.45. The molecular weight excluding hydrogens is 225 g/mol. The Balaban J connectivity index is 2.02. The molecule has 0 heterocycles. The Morgan fingerprint density at radius 2 is 1.89 bits per heavy atom. The van der Waals surface area contributed by atoms with Crippen molar-refractivity contribution in [2.45, 2.75) is 58.5 Å². The fraction of sp³-hybridized carbons (Fsp3) is 0.625. The largest absolute Gasteiger partial charge is 0.307 e. The summed E-state index contributed by atoms with van der Waals surface area (Å²) in [5.41, 5.74) is 1.53. The van der Waals surface area contributed by atoms with Gasteiger partial charge >= 0.3 is 0 Å². The summed E-state index contributed by atoms with van der Waals surface area (Å²) in [5.74, 6) is -0.163. The van der Waals surface area contributed by atoms with Gasteiger partial charge in [0.2, 0.25) is 0 Å². The molecule has 1 fully saturated rings. The lowest BCUT2D eigenvalue weighted by molar-refractivity contribution is 0.157. The molecule has 0 aromatic heterocycles. The molecule has 1 aliphatic rings. The normalized spacial score (nSPS) is 24.8. The van der Waals surface area contributed by atoms with Crippen molar-refractivity contribution in [1.82, 2.24) is 5.32 Å². The Hall–Kier alpha value is -0.890. The van der Waals surface area contributed by atoms with E-state index < -0.39 is 0 Å². The van der Waals surface area contributed by atoms with Gasteiger partial charge in [0.05, 0.1) is 0 Å². The molecule has 0 spiro atoms. The second-order valence-electron chi connectivity index (χ2n) is 6.23. The van der Waals surface area contributed by atoms with Crippen LogP contribution in [0.5, 0.6) is 0 Å². The monoisotopic (exact) mass is 249 g/mol. The molecule has 100 valence electrons. The minimum absolute atomic E-state index is 0.163. The number of nitrogens with one attached hydrogen (secondary N) is 1. The third kappa shape index (κ3) is 3.11. The first-order valence-corrected chi connectivity index (χ1v) is 7.00. The molecule has 0 bridgehead atoms. The summed E-state index contributed by atoms with van der Waals surface area (Å²) in [7, 11) is 0. The molecule has 18 heavy (non-hydrogen) atoms. The van der Waals surface area contributed by atoms with Crippen LogP contribution in [0.4, 0.5) is 4.39 Å². The predicted molar refractivity (Wildman–Crippen MR) is 74.0 cm³/mol. The molecule has 1 nitrogen and oxygen atoms in total. The first-order chi connectivity index (χ1) is 8.49. The number of rotatable bonds is 3. The fourth-order valence-electron chi connectivity index (χ4n) is 2.95. The van der Waals surface area contributed by atoms with Crippen molar-refractivity contribution in [2.24, 2.45) is 5.41 Å². The molecule has 0 radical (unpaired) electrons. The summed E-state index contributed by atoms with van der Waals surface area (Å²) >= 11 is 0. The highest BCUT2D eigenvalue weighted by Gasteiger charge is 2.32. The molecule has 0 saturated heterocycles. The Labute approximate surface area is 110 Å². The highest BCUT2D eigenvalue weighted by Crippen LogP contribution is 2.36. The zero-order valence-electron chi connectivity index (χ0n) is 11.7. The van der Waals surface area contributed by atoms with Gasteiger partial charge in [0.25, 0.3) is 0 Å². The summed E-state index contributed by atoms with van der Waals surface area (Å²) in [4.78, 5) is 0. The van der Waals surface area contributed by atoms with Gasteiger partial charge in [0.1, 0.15) is 5.82 Å². The van der Waals surface area contributed by atoms with E-state index in [1.807, 2.05) is 12.1 Å². The summed E-state index contributed by atoms with van der Waals surface area (Å²) < 4.78 is 12.9. The van der Waals surface area contributed by atoms with Crippen LogP contribution >= 0.6 is 0 Å². The van der Waals surface area contributed by atoms with Crippen molar-refractivity contribution < 1.29 is 4.39 Å². The Morgan fingerprint density at radius 3 is 2.50 bits per heavy atom. The molecule has 0 amide bonds. The van der Waals surface area contributed by atoms with Gasteiger partial charge in [-0.25, -0.2) is 4.39 Å². The van der Waals surface area contributed by atoms with Gasteiger partial charge in [-0.1, -0.05) is 38.8 Å². The number of benzene rings is 1. The second-order valence-corrected chi connectivity index (χ2v) is 6.23. The van der Waals surface area contributed by atoms with Crippen LogP contribution in [0, 0.1) is 11.2 Å². The zero-order valence-corrected chi connectivity index (χ0v) is 11.7. The van der Waals surface area contributed by atoms with E-state index in [2.05, 4.69) is 26.1 Å². The third-order valence-corrected chi connectivity index (χ3v) is 4.33. The maximum atomic E-state index is 12.9. The minimum atomic E-state index is -0.163. The smallest absolute Gasteiger partial charge is 0.123 e. The van der Waals surface area contributed by atoms with Gasteiger partial charge in [0, 0.05) is 12.1 Å². The molecule has 0 aliphatic heterocycles. The Kier molecular flexibility index (Phi) is 4.06. The van der Waals surface area contributed by atoms with E-state index in [9.17, 15) is 4.39 Å². The van der Waals surface area contributed by atoms with Crippen molar-refractivity contribution in [3.8, 4) is 0 Å². The number of halogens is 1. The van der Waals surface area contributed by atoms with Crippen molar-refractivity contribution in [3.05, 3.63) is 35.6 Å². The Morgan fingerprint density at radius 1 is 1.22 bits per heavy atom. The topological polar surface area (TPSA) is 12.0 Å². The average molecular weight is 249 g/mol. The summed E-state index contributed by atoms with van der Waals surface area (Å²) in [6, 6.07) is 7.68. The third-order valence-electron chi connectivity index (χ3n) is 4.33. The van der Waals surface area contributed by atoms with Gasteiger partial charge in [-0.05, 0) is 42.9 Å². The average Bonchev–Trinajstić information content (AvgIpc) is 2.32. The molecule has 1 unspecified atom stereocenters. The van der Waals surface area contributed by atoms with Crippen molar-refractivity contribution in [2.75, 3.05) is 0 Å². The van der Waals surface area contributed by atoms with Gasteiger partial charge in [-0.15, -0.1) is 0 Å². The van der Waals surface area contributed by atoms with Crippen LogP contribution in [-0.4, -0.2) is 6.04 Å². The summed E-state index contributed by atoms with van der Waals surface area (Å²) in [6.45, 7) is 6.86. The highest BCUT2D eigenvalue weighted by molar-refractivity contribution is 5.19. The van der Waals surface area contributed by atoms with E-state index in [0.29, 0.717) is 11.5 Å². The van der Waals surface area contributed by atoms with Crippen molar-refractivity contribution >= 4 is 0 Å². The first-order valence-electron chi connectivity index (χ1n) is 7.00. The van der Waals surface area contributed by atoms with Crippen LogP contribution in [0.25, 0.3) is 0 Å².